The zero-order valence-corrected chi connectivity index (χ0v) is 16.9. The molecule has 26 heavy (non-hydrogen) atoms. The van der Waals surface area contributed by atoms with Crippen LogP contribution in [0.15, 0.2) is 21.9 Å². The van der Waals surface area contributed by atoms with Crippen LogP contribution < -0.4 is 10.6 Å². The molecule has 1 aliphatic rings. The van der Waals surface area contributed by atoms with E-state index in [4.69, 9.17) is 0 Å². The van der Waals surface area contributed by atoms with Gasteiger partial charge in [0.05, 0.1) is 0 Å². The fourth-order valence-corrected chi connectivity index (χ4v) is 5.38. The normalized spacial score (nSPS) is 14.9. The summed E-state index contributed by atoms with van der Waals surface area (Å²) in [4.78, 5) is 25.3. The molecule has 0 aliphatic heterocycles. The van der Waals surface area contributed by atoms with E-state index in [1.54, 1.807) is 23.1 Å². The van der Waals surface area contributed by atoms with Crippen molar-refractivity contribution in [3.8, 4) is 0 Å². The molecule has 0 radical (unpaired) electrons. The van der Waals surface area contributed by atoms with Crippen molar-refractivity contribution in [1.29, 1.82) is 0 Å². The highest BCUT2D eigenvalue weighted by atomic mass is 32.2. The van der Waals surface area contributed by atoms with Crippen LogP contribution in [-0.4, -0.2) is 28.6 Å². The van der Waals surface area contributed by atoms with Gasteiger partial charge in [-0.2, -0.15) is 0 Å². The summed E-state index contributed by atoms with van der Waals surface area (Å²) in [6.45, 7) is 0.361. The number of rotatable bonds is 8. The number of hydrogen-bond donors (Lipinski definition) is 2. The predicted octanol–water partition coefficient (Wildman–Crippen LogP) is 3.92. The SMILES string of the molecule is O=C(CCNC(=O)C1CCCCC1)Nc1nnc(SCc2cccs2)s1. The van der Waals surface area contributed by atoms with E-state index < -0.39 is 0 Å². The van der Waals surface area contributed by atoms with Crippen molar-refractivity contribution < 1.29 is 9.59 Å². The number of thioether (sulfide) groups is 1. The van der Waals surface area contributed by atoms with Crippen molar-refractivity contribution in [3.63, 3.8) is 0 Å². The minimum atomic E-state index is -0.153. The zero-order chi connectivity index (χ0) is 18.2. The van der Waals surface area contributed by atoms with Crippen LogP contribution in [0, 0.1) is 5.92 Å². The standard InChI is InChI=1S/C17H22N4O2S3/c22-14(8-9-18-15(23)12-5-2-1-3-6-12)19-16-20-21-17(26-16)25-11-13-7-4-10-24-13/h4,7,10,12H,1-3,5-6,8-9,11H2,(H,18,23)(H,19,20,22). The summed E-state index contributed by atoms with van der Waals surface area (Å²) in [5, 5.41) is 16.3. The molecule has 2 amide bonds. The summed E-state index contributed by atoms with van der Waals surface area (Å²) in [5.74, 6) is 0.909. The summed E-state index contributed by atoms with van der Waals surface area (Å²) in [5.41, 5.74) is 0. The first-order chi connectivity index (χ1) is 12.7. The first-order valence-electron chi connectivity index (χ1n) is 8.77. The minimum absolute atomic E-state index is 0.0840. The Bertz CT molecular complexity index is 711. The predicted molar refractivity (Wildman–Crippen MR) is 107 cm³/mol. The lowest BCUT2D eigenvalue weighted by atomic mass is 9.89. The van der Waals surface area contributed by atoms with Gasteiger partial charge in [-0.1, -0.05) is 48.4 Å². The van der Waals surface area contributed by atoms with E-state index in [0.29, 0.717) is 11.7 Å². The van der Waals surface area contributed by atoms with E-state index in [1.165, 1.54) is 22.6 Å². The van der Waals surface area contributed by atoms with E-state index in [1.807, 2.05) is 6.07 Å². The van der Waals surface area contributed by atoms with Crippen molar-refractivity contribution >= 4 is 51.4 Å². The number of carbonyl (C=O) groups excluding carboxylic acids is 2. The molecule has 0 atom stereocenters. The summed E-state index contributed by atoms with van der Waals surface area (Å²) in [6.07, 6.45) is 5.66. The number of carbonyl (C=O) groups is 2. The number of nitrogens with zero attached hydrogens (tertiary/aromatic N) is 2. The van der Waals surface area contributed by atoms with Gasteiger partial charge in [0.2, 0.25) is 16.9 Å². The van der Waals surface area contributed by atoms with Crippen LogP contribution in [0.5, 0.6) is 0 Å². The molecule has 140 valence electrons. The van der Waals surface area contributed by atoms with Crippen LogP contribution in [0.4, 0.5) is 5.13 Å². The summed E-state index contributed by atoms with van der Waals surface area (Å²) in [6, 6.07) is 4.11. The minimum Gasteiger partial charge on any atom is -0.355 e. The van der Waals surface area contributed by atoms with Crippen molar-refractivity contribution in [2.45, 2.75) is 48.6 Å². The van der Waals surface area contributed by atoms with Crippen molar-refractivity contribution in [1.82, 2.24) is 15.5 Å². The van der Waals surface area contributed by atoms with Gasteiger partial charge in [0, 0.05) is 29.5 Å². The Morgan fingerprint density at radius 3 is 2.85 bits per heavy atom. The number of aromatic nitrogens is 2. The van der Waals surface area contributed by atoms with Crippen LogP contribution in [0.1, 0.15) is 43.4 Å². The van der Waals surface area contributed by atoms with Gasteiger partial charge < -0.3 is 10.6 Å². The first kappa shape index (κ1) is 19.3. The van der Waals surface area contributed by atoms with Gasteiger partial charge in [-0.3, -0.25) is 9.59 Å². The largest absolute Gasteiger partial charge is 0.355 e. The smallest absolute Gasteiger partial charge is 0.227 e. The quantitative estimate of drug-likeness (QED) is 0.509. The molecule has 1 saturated carbocycles. The summed E-state index contributed by atoms with van der Waals surface area (Å²) >= 11 is 4.69. The van der Waals surface area contributed by atoms with Gasteiger partial charge in [-0.25, -0.2) is 0 Å². The van der Waals surface area contributed by atoms with E-state index in [0.717, 1.165) is 35.8 Å². The van der Waals surface area contributed by atoms with E-state index in [-0.39, 0.29) is 24.2 Å². The summed E-state index contributed by atoms with van der Waals surface area (Å²) < 4.78 is 0.833. The van der Waals surface area contributed by atoms with E-state index >= 15 is 0 Å². The molecule has 0 saturated heterocycles. The van der Waals surface area contributed by atoms with Crippen molar-refractivity contribution in [2.75, 3.05) is 11.9 Å². The lowest BCUT2D eigenvalue weighted by molar-refractivity contribution is -0.126. The van der Waals surface area contributed by atoms with Crippen molar-refractivity contribution in [3.05, 3.63) is 22.4 Å². The number of amides is 2. The fraction of sp³-hybridized carbons (Fsp3) is 0.529. The molecular weight excluding hydrogens is 388 g/mol. The Morgan fingerprint density at radius 2 is 2.08 bits per heavy atom. The Morgan fingerprint density at radius 1 is 1.23 bits per heavy atom. The Labute approximate surface area is 165 Å². The molecule has 6 nitrogen and oxygen atoms in total. The third-order valence-corrected chi connectivity index (χ3v) is 7.28. The molecule has 0 unspecified atom stereocenters. The number of thiophene rings is 1. The average molecular weight is 411 g/mol. The van der Waals surface area contributed by atoms with Crippen LogP contribution in [0.2, 0.25) is 0 Å². The van der Waals surface area contributed by atoms with E-state index in [2.05, 4.69) is 32.3 Å². The molecule has 2 aromatic heterocycles. The molecule has 1 aliphatic carbocycles. The molecule has 2 N–H and O–H groups in total. The number of anilines is 1. The molecule has 0 bridgehead atoms. The fourth-order valence-electron chi connectivity index (χ4n) is 2.84. The zero-order valence-electron chi connectivity index (χ0n) is 14.4. The maximum atomic E-state index is 12.0. The van der Waals surface area contributed by atoms with Crippen LogP contribution >= 0.6 is 34.4 Å². The monoisotopic (exact) mass is 410 g/mol. The topological polar surface area (TPSA) is 84.0 Å². The highest BCUT2D eigenvalue weighted by molar-refractivity contribution is 8.00. The van der Waals surface area contributed by atoms with Crippen LogP contribution in [-0.2, 0) is 15.3 Å². The highest BCUT2D eigenvalue weighted by Gasteiger charge is 2.20. The molecule has 1 fully saturated rings. The third kappa shape index (κ3) is 6.07. The van der Waals surface area contributed by atoms with Gasteiger partial charge in [0.25, 0.3) is 0 Å². The van der Waals surface area contributed by atoms with Gasteiger partial charge in [0.15, 0.2) is 4.34 Å². The van der Waals surface area contributed by atoms with Crippen molar-refractivity contribution in [2.24, 2.45) is 5.92 Å². The molecule has 9 heteroatoms. The average Bonchev–Trinajstić information content (AvgIpc) is 3.32. The molecule has 2 aromatic rings. The third-order valence-electron chi connectivity index (χ3n) is 4.20. The van der Waals surface area contributed by atoms with E-state index in [9.17, 15) is 9.59 Å². The van der Waals surface area contributed by atoms with Gasteiger partial charge >= 0.3 is 0 Å². The Kier molecular flexibility index (Phi) is 7.45. The lowest BCUT2D eigenvalue weighted by Crippen LogP contribution is -2.34. The molecule has 2 heterocycles. The maximum absolute atomic E-state index is 12.0. The highest BCUT2D eigenvalue weighted by Crippen LogP contribution is 2.29. The molecule has 0 spiro atoms. The summed E-state index contributed by atoms with van der Waals surface area (Å²) in [7, 11) is 0. The van der Waals surface area contributed by atoms with Gasteiger partial charge in [0.1, 0.15) is 0 Å². The second-order valence-electron chi connectivity index (χ2n) is 6.17. The van der Waals surface area contributed by atoms with Crippen LogP contribution in [0.25, 0.3) is 0 Å². The Hall–Kier alpha value is -1.45. The number of nitrogens with one attached hydrogen (secondary N) is 2. The van der Waals surface area contributed by atoms with Gasteiger partial charge in [-0.15, -0.1) is 21.5 Å². The molecular formula is C17H22N4O2S3. The molecule has 0 aromatic carbocycles. The second-order valence-corrected chi connectivity index (χ2v) is 9.40. The number of hydrogen-bond acceptors (Lipinski definition) is 7. The second kappa shape index (κ2) is 10.0. The molecule has 3 rings (SSSR count). The lowest BCUT2D eigenvalue weighted by Gasteiger charge is -2.20. The Balaban J connectivity index is 1.34. The first-order valence-corrected chi connectivity index (χ1v) is 11.4. The maximum Gasteiger partial charge on any atom is 0.227 e. The van der Waals surface area contributed by atoms with Crippen LogP contribution in [0.3, 0.4) is 0 Å². The van der Waals surface area contributed by atoms with Gasteiger partial charge in [-0.05, 0) is 24.3 Å².